The van der Waals surface area contributed by atoms with Gasteiger partial charge in [0, 0.05) is 19.6 Å². The van der Waals surface area contributed by atoms with E-state index in [1.165, 1.54) is 30.4 Å². The normalized spacial score (nSPS) is 23.1. The van der Waals surface area contributed by atoms with Crippen molar-refractivity contribution in [2.45, 2.75) is 51.1 Å². The molecule has 2 aliphatic rings. The predicted octanol–water partition coefficient (Wildman–Crippen LogP) is 2.17. The Bertz CT molecular complexity index is 1070. The number of aryl methyl sites for hydroxylation is 1. The molecule has 0 bridgehead atoms. The molecule has 1 saturated carbocycles. The number of aromatic nitrogens is 4. The van der Waals surface area contributed by atoms with E-state index in [9.17, 15) is 9.59 Å². The summed E-state index contributed by atoms with van der Waals surface area (Å²) in [6.07, 6.45) is 7.11. The largest absolute Gasteiger partial charge is 0.352 e. The van der Waals surface area contributed by atoms with E-state index in [0.717, 1.165) is 30.4 Å². The number of likely N-dealkylation sites (tertiary alicyclic amines) is 1. The van der Waals surface area contributed by atoms with Crippen LogP contribution in [0.1, 0.15) is 38.5 Å². The van der Waals surface area contributed by atoms with Crippen LogP contribution in [0.2, 0.25) is 0 Å². The predicted molar refractivity (Wildman–Crippen MR) is 103 cm³/mol. The number of amides is 1. The minimum Gasteiger partial charge on any atom is -0.338 e. The number of imidazole rings is 1. The first-order valence-electron chi connectivity index (χ1n) is 9.97. The first kappa shape index (κ1) is 16.6. The molecule has 1 saturated heterocycles. The summed E-state index contributed by atoms with van der Waals surface area (Å²) in [4.78, 5) is 28.0. The summed E-state index contributed by atoms with van der Waals surface area (Å²) in [5.41, 5.74) is 1.54. The van der Waals surface area contributed by atoms with Gasteiger partial charge in [-0.1, -0.05) is 25.0 Å². The van der Waals surface area contributed by atoms with Crippen LogP contribution in [0.15, 0.2) is 29.1 Å². The third kappa shape index (κ3) is 2.51. The van der Waals surface area contributed by atoms with E-state index in [-0.39, 0.29) is 18.1 Å². The lowest BCUT2D eigenvalue weighted by molar-refractivity contribution is -0.138. The van der Waals surface area contributed by atoms with E-state index >= 15 is 0 Å². The minimum absolute atomic E-state index is 0.0259. The maximum atomic E-state index is 13.0. The number of rotatable bonds is 2. The lowest BCUT2D eigenvalue weighted by Crippen LogP contribution is -2.51. The Labute approximate surface area is 157 Å². The lowest BCUT2D eigenvalue weighted by Gasteiger charge is -2.44. The van der Waals surface area contributed by atoms with Gasteiger partial charge in [-0.25, -0.2) is 13.9 Å². The monoisotopic (exact) mass is 367 g/mol. The molecule has 7 heteroatoms. The van der Waals surface area contributed by atoms with Crippen molar-refractivity contribution in [1.29, 1.82) is 0 Å². The van der Waals surface area contributed by atoms with E-state index in [1.54, 1.807) is 4.40 Å². The van der Waals surface area contributed by atoms with Crippen LogP contribution in [0.5, 0.6) is 0 Å². The zero-order valence-electron chi connectivity index (χ0n) is 15.7. The maximum Gasteiger partial charge on any atom is 0.352 e. The Morgan fingerprint density at radius 3 is 2.70 bits per heavy atom. The van der Waals surface area contributed by atoms with Crippen LogP contribution in [0.4, 0.5) is 0 Å². The van der Waals surface area contributed by atoms with Gasteiger partial charge in [0.05, 0.1) is 11.0 Å². The fourth-order valence-electron chi connectivity index (χ4n) is 5.13. The highest BCUT2D eigenvalue weighted by Gasteiger charge is 2.35. The van der Waals surface area contributed by atoms with Gasteiger partial charge in [-0.3, -0.25) is 4.79 Å². The number of fused-ring (bicyclic) bond motifs is 4. The Balaban J connectivity index is 1.48. The molecule has 1 amide bonds. The van der Waals surface area contributed by atoms with Crippen LogP contribution in [-0.2, 0) is 18.4 Å². The van der Waals surface area contributed by atoms with E-state index in [2.05, 4.69) is 5.10 Å². The molecule has 2 atom stereocenters. The Kier molecular flexibility index (Phi) is 3.84. The van der Waals surface area contributed by atoms with Gasteiger partial charge in [-0.15, -0.1) is 5.10 Å². The van der Waals surface area contributed by atoms with Crippen molar-refractivity contribution in [2.24, 2.45) is 13.0 Å². The van der Waals surface area contributed by atoms with Gasteiger partial charge in [0.15, 0.2) is 0 Å². The Morgan fingerprint density at radius 2 is 1.85 bits per heavy atom. The molecule has 3 heterocycles. The van der Waals surface area contributed by atoms with Crippen LogP contribution in [-0.4, -0.2) is 42.1 Å². The second-order valence-corrected chi connectivity index (χ2v) is 7.96. The van der Waals surface area contributed by atoms with Crippen molar-refractivity contribution in [3.8, 4) is 0 Å². The molecule has 5 rings (SSSR count). The third-order valence-corrected chi connectivity index (χ3v) is 6.45. The van der Waals surface area contributed by atoms with Gasteiger partial charge in [0.2, 0.25) is 11.7 Å². The number of carbonyl (C=O) groups excluding carboxylic acids is 1. The van der Waals surface area contributed by atoms with Gasteiger partial charge in [0.25, 0.3) is 0 Å². The summed E-state index contributed by atoms with van der Waals surface area (Å²) < 4.78 is 4.83. The number of para-hydroxylation sites is 2. The molecule has 2 aromatic heterocycles. The van der Waals surface area contributed by atoms with Gasteiger partial charge >= 0.3 is 5.69 Å². The molecule has 142 valence electrons. The van der Waals surface area contributed by atoms with Crippen LogP contribution in [0, 0.1) is 5.92 Å². The van der Waals surface area contributed by atoms with Gasteiger partial charge in [0.1, 0.15) is 6.54 Å². The average molecular weight is 367 g/mol. The van der Waals surface area contributed by atoms with E-state index in [1.807, 2.05) is 40.8 Å². The first-order chi connectivity index (χ1) is 13.1. The SMILES string of the molecule is Cn1c2ccccc2n2c(=O)n(CC(=O)N3CCC[C@H]4CCCC[C@@H]43)nc12. The van der Waals surface area contributed by atoms with Crippen molar-refractivity contribution in [3.05, 3.63) is 34.7 Å². The number of hydrogen-bond acceptors (Lipinski definition) is 3. The third-order valence-electron chi connectivity index (χ3n) is 6.45. The molecule has 1 aromatic carbocycles. The minimum atomic E-state index is -0.243. The fourth-order valence-corrected chi connectivity index (χ4v) is 5.13. The Morgan fingerprint density at radius 1 is 1.11 bits per heavy atom. The molecule has 0 unspecified atom stereocenters. The summed E-state index contributed by atoms with van der Waals surface area (Å²) in [5.74, 6) is 1.24. The zero-order chi connectivity index (χ0) is 18.5. The summed E-state index contributed by atoms with van der Waals surface area (Å²) in [5, 5.41) is 4.47. The molecular weight excluding hydrogens is 342 g/mol. The van der Waals surface area contributed by atoms with Crippen LogP contribution < -0.4 is 5.69 Å². The van der Waals surface area contributed by atoms with Crippen LogP contribution in [0.25, 0.3) is 16.8 Å². The number of benzene rings is 1. The average Bonchev–Trinajstić information content (AvgIpc) is 3.17. The quantitative estimate of drug-likeness (QED) is 0.697. The smallest absolute Gasteiger partial charge is 0.338 e. The summed E-state index contributed by atoms with van der Waals surface area (Å²) in [6.45, 7) is 0.836. The fraction of sp³-hybridized carbons (Fsp3) is 0.550. The lowest BCUT2D eigenvalue weighted by atomic mass is 9.78. The van der Waals surface area contributed by atoms with Gasteiger partial charge < -0.3 is 9.47 Å². The molecular formula is C20H25N5O2. The second kappa shape index (κ2) is 6.25. The topological polar surface area (TPSA) is 64.5 Å². The van der Waals surface area contributed by atoms with Crippen molar-refractivity contribution in [1.82, 2.24) is 23.6 Å². The molecule has 3 aromatic rings. The molecule has 1 aliphatic heterocycles. The van der Waals surface area contributed by atoms with E-state index in [4.69, 9.17) is 0 Å². The number of nitrogens with zero attached hydrogens (tertiary/aromatic N) is 5. The van der Waals surface area contributed by atoms with E-state index < -0.39 is 0 Å². The molecule has 1 aliphatic carbocycles. The summed E-state index contributed by atoms with van der Waals surface area (Å²) >= 11 is 0. The molecule has 0 radical (unpaired) electrons. The molecule has 27 heavy (non-hydrogen) atoms. The van der Waals surface area contributed by atoms with Crippen LogP contribution >= 0.6 is 0 Å². The summed E-state index contributed by atoms with van der Waals surface area (Å²) in [6, 6.07) is 8.09. The molecule has 0 N–H and O–H groups in total. The maximum absolute atomic E-state index is 13.0. The highest BCUT2D eigenvalue weighted by atomic mass is 16.2. The molecule has 7 nitrogen and oxygen atoms in total. The highest BCUT2D eigenvalue weighted by molar-refractivity contribution is 5.80. The highest BCUT2D eigenvalue weighted by Crippen LogP contribution is 2.35. The summed E-state index contributed by atoms with van der Waals surface area (Å²) in [7, 11) is 1.90. The first-order valence-corrected chi connectivity index (χ1v) is 9.97. The molecule has 0 spiro atoms. The zero-order valence-corrected chi connectivity index (χ0v) is 15.7. The second-order valence-electron chi connectivity index (χ2n) is 7.96. The van der Waals surface area contributed by atoms with Crippen molar-refractivity contribution >= 4 is 22.7 Å². The molecule has 2 fully saturated rings. The van der Waals surface area contributed by atoms with Gasteiger partial charge in [-0.05, 0) is 43.7 Å². The van der Waals surface area contributed by atoms with Gasteiger partial charge in [-0.2, -0.15) is 0 Å². The number of piperidine rings is 1. The van der Waals surface area contributed by atoms with Crippen molar-refractivity contribution in [3.63, 3.8) is 0 Å². The Hall–Kier alpha value is -2.57. The number of carbonyl (C=O) groups is 1. The number of hydrogen-bond donors (Lipinski definition) is 0. The van der Waals surface area contributed by atoms with Crippen molar-refractivity contribution < 1.29 is 4.79 Å². The van der Waals surface area contributed by atoms with E-state index in [0.29, 0.717) is 17.7 Å². The van der Waals surface area contributed by atoms with Crippen molar-refractivity contribution in [2.75, 3.05) is 6.54 Å². The van der Waals surface area contributed by atoms with Crippen LogP contribution in [0.3, 0.4) is 0 Å². The standard InChI is InChI=1S/C20H25N5O2/c1-22-16-10-4-5-11-17(16)25-19(22)21-24(20(25)27)13-18(26)23-12-6-8-14-7-2-3-9-15(14)23/h4-5,10-11,14-15H,2-3,6-9,12-13H2,1H3/t14-,15+/m1/s1.